The zero-order valence-electron chi connectivity index (χ0n) is 21.5. The third-order valence-electron chi connectivity index (χ3n) is 7.68. The van der Waals surface area contributed by atoms with Gasteiger partial charge in [-0.25, -0.2) is 9.78 Å². The molecule has 1 saturated heterocycles. The van der Waals surface area contributed by atoms with Crippen LogP contribution in [0.5, 0.6) is 0 Å². The van der Waals surface area contributed by atoms with E-state index in [1.807, 2.05) is 0 Å². The van der Waals surface area contributed by atoms with Gasteiger partial charge < -0.3 is 4.74 Å². The molecule has 40 heavy (non-hydrogen) atoms. The average molecular weight is 553 g/mol. The Balaban J connectivity index is 1.29. The maximum absolute atomic E-state index is 13.2. The third kappa shape index (κ3) is 4.77. The monoisotopic (exact) mass is 552 g/mol. The summed E-state index contributed by atoms with van der Waals surface area (Å²) in [4.78, 5) is 57.7. The smallest absolute Gasteiger partial charge is 0.339 e. The van der Waals surface area contributed by atoms with E-state index in [2.05, 4.69) is 0 Å². The summed E-state index contributed by atoms with van der Waals surface area (Å²) < 4.78 is 5.40. The molecular formula is C32H25ClN2O5. The maximum atomic E-state index is 13.2. The number of rotatable bonds is 6. The van der Waals surface area contributed by atoms with E-state index < -0.39 is 12.6 Å². The van der Waals surface area contributed by atoms with Gasteiger partial charge in [0.15, 0.2) is 12.4 Å². The molecule has 1 aliphatic heterocycles. The van der Waals surface area contributed by atoms with Gasteiger partial charge in [0.05, 0.1) is 34.3 Å². The zero-order valence-corrected chi connectivity index (χ0v) is 22.3. The second-order valence-corrected chi connectivity index (χ2v) is 10.6. The van der Waals surface area contributed by atoms with Gasteiger partial charge in [0.2, 0.25) is 11.8 Å². The van der Waals surface area contributed by atoms with Crippen LogP contribution >= 0.6 is 11.6 Å². The molecule has 2 unspecified atom stereocenters. The Bertz CT molecular complexity index is 1630. The Morgan fingerprint density at radius 2 is 1.55 bits per heavy atom. The molecule has 1 saturated carbocycles. The second-order valence-electron chi connectivity index (χ2n) is 10.1. The third-order valence-corrected chi connectivity index (χ3v) is 7.92. The van der Waals surface area contributed by atoms with Crippen LogP contribution < -0.4 is 4.90 Å². The van der Waals surface area contributed by atoms with Crippen LogP contribution in [0.2, 0.25) is 5.02 Å². The van der Waals surface area contributed by atoms with Crippen molar-refractivity contribution in [3.63, 3.8) is 0 Å². The van der Waals surface area contributed by atoms with Gasteiger partial charge in [-0.2, -0.15) is 0 Å². The van der Waals surface area contributed by atoms with E-state index in [0.29, 0.717) is 38.4 Å². The number of imide groups is 1. The molecule has 2 atom stereocenters. The molecule has 2 heterocycles. The minimum Gasteiger partial charge on any atom is -0.454 e. The zero-order chi connectivity index (χ0) is 27.8. The molecule has 1 aliphatic carbocycles. The number of esters is 1. The van der Waals surface area contributed by atoms with Crippen molar-refractivity contribution in [2.45, 2.75) is 25.7 Å². The van der Waals surface area contributed by atoms with Crippen molar-refractivity contribution in [3.05, 3.63) is 95.0 Å². The number of ketones is 1. The molecular weight excluding hydrogens is 528 g/mol. The number of carbonyl (C=O) groups excluding carboxylic acids is 4. The fraction of sp³-hybridized carbons (Fsp3) is 0.219. The largest absolute Gasteiger partial charge is 0.454 e. The number of halogens is 1. The molecule has 2 amide bonds. The fourth-order valence-electron chi connectivity index (χ4n) is 5.63. The Morgan fingerprint density at radius 3 is 2.23 bits per heavy atom. The highest BCUT2D eigenvalue weighted by molar-refractivity contribution is 6.31. The second kappa shape index (κ2) is 10.7. The van der Waals surface area contributed by atoms with E-state index >= 15 is 0 Å². The molecule has 1 aromatic heterocycles. The summed E-state index contributed by atoms with van der Waals surface area (Å²) in [6.45, 7) is -0.406. The first-order valence-electron chi connectivity index (χ1n) is 13.2. The Labute approximate surface area is 235 Å². The number of amides is 2. The van der Waals surface area contributed by atoms with Gasteiger partial charge in [-0.1, -0.05) is 66.9 Å². The normalized spacial score (nSPS) is 18.6. The molecule has 2 fully saturated rings. The van der Waals surface area contributed by atoms with Gasteiger partial charge in [-0.15, -0.1) is 0 Å². The first-order chi connectivity index (χ1) is 19.4. The lowest BCUT2D eigenvalue weighted by atomic mass is 9.81. The van der Waals surface area contributed by atoms with E-state index in [1.165, 1.54) is 4.90 Å². The predicted molar refractivity (Wildman–Crippen MR) is 151 cm³/mol. The molecule has 4 aromatic rings. The van der Waals surface area contributed by atoms with Crippen molar-refractivity contribution in [3.8, 4) is 11.3 Å². The lowest BCUT2D eigenvalue weighted by Gasteiger charge is -2.19. The lowest BCUT2D eigenvalue weighted by molar-refractivity contribution is -0.122. The van der Waals surface area contributed by atoms with Crippen molar-refractivity contribution in [2.24, 2.45) is 11.8 Å². The van der Waals surface area contributed by atoms with Crippen LogP contribution in [0, 0.1) is 11.8 Å². The van der Waals surface area contributed by atoms with Crippen LogP contribution in [0.25, 0.3) is 22.2 Å². The highest BCUT2D eigenvalue weighted by Crippen LogP contribution is 2.40. The molecule has 7 nitrogen and oxygen atoms in total. The van der Waals surface area contributed by atoms with Crippen LogP contribution in [-0.2, 0) is 14.3 Å². The van der Waals surface area contributed by atoms with E-state index in [-0.39, 0.29) is 35.0 Å². The Hall–Kier alpha value is -4.36. The van der Waals surface area contributed by atoms with Gasteiger partial charge in [0, 0.05) is 21.5 Å². The minimum atomic E-state index is -0.673. The lowest BCUT2D eigenvalue weighted by Crippen LogP contribution is -2.30. The summed E-state index contributed by atoms with van der Waals surface area (Å²) in [5.41, 5.74) is 2.91. The summed E-state index contributed by atoms with van der Waals surface area (Å²) in [5.74, 6) is -1.69. The fourth-order valence-corrected chi connectivity index (χ4v) is 5.80. The van der Waals surface area contributed by atoms with E-state index in [9.17, 15) is 19.2 Å². The number of hydrogen-bond acceptors (Lipinski definition) is 6. The Kier molecular flexibility index (Phi) is 6.90. The number of nitrogens with zero attached hydrogens (tertiary/aromatic N) is 2. The number of aromatic nitrogens is 1. The van der Waals surface area contributed by atoms with E-state index in [4.69, 9.17) is 21.3 Å². The number of hydrogen-bond donors (Lipinski definition) is 0. The van der Waals surface area contributed by atoms with Crippen molar-refractivity contribution in [1.29, 1.82) is 0 Å². The van der Waals surface area contributed by atoms with Crippen molar-refractivity contribution in [1.82, 2.24) is 4.98 Å². The molecule has 0 bridgehead atoms. The summed E-state index contributed by atoms with van der Waals surface area (Å²) in [6.07, 6.45) is 3.45. The molecule has 200 valence electrons. The van der Waals surface area contributed by atoms with Gasteiger partial charge in [0.25, 0.3) is 0 Å². The number of carbonyl (C=O) groups is 4. The number of benzene rings is 3. The molecule has 2 aliphatic rings. The first kappa shape index (κ1) is 25.9. The predicted octanol–water partition coefficient (Wildman–Crippen LogP) is 6.27. The highest BCUT2D eigenvalue weighted by Gasteiger charge is 2.48. The molecule has 0 radical (unpaired) electrons. The number of ether oxygens (including phenoxy) is 1. The molecule has 0 spiro atoms. The van der Waals surface area contributed by atoms with Gasteiger partial charge >= 0.3 is 5.97 Å². The van der Waals surface area contributed by atoms with Crippen LogP contribution in [0.1, 0.15) is 46.4 Å². The SMILES string of the molecule is O=C(COC(=O)c1cc(-c2ccc(N3C(=O)C4CCCCC4C3=O)cc2)nc2ccc(Cl)cc12)c1ccccc1. The van der Waals surface area contributed by atoms with Crippen molar-refractivity contribution >= 4 is 51.8 Å². The van der Waals surface area contributed by atoms with E-state index in [1.54, 1.807) is 78.9 Å². The molecule has 6 rings (SSSR count). The standard InChI is InChI=1S/C32H25ClN2O5/c33-21-12-15-27-25(16-21)26(32(39)40-18-29(36)20-6-2-1-3-7-20)17-28(34-27)19-10-13-22(14-11-19)35-30(37)23-8-4-5-9-24(23)31(35)38/h1-3,6-7,10-17,23-24H,4-5,8-9,18H2. The molecule has 3 aromatic carbocycles. The number of pyridine rings is 1. The van der Waals surface area contributed by atoms with Crippen LogP contribution in [-0.4, -0.2) is 35.2 Å². The van der Waals surface area contributed by atoms with Gasteiger partial charge in [-0.3, -0.25) is 19.3 Å². The van der Waals surface area contributed by atoms with Crippen molar-refractivity contribution in [2.75, 3.05) is 11.5 Å². The van der Waals surface area contributed by atoms with Crippen LogP contribution in [0.4, 0.5) is 5.69 Å². The molecule has 8 heteroatoms. The highest BCUT2D eigenvalue weighted by atomic mass is 35.5. The van der Waals surface area contributed by atoms with E-state index in [0.717, 1.165) is 25.7 Å². The van der Waals surface area contributed by atoms with Crippen LogP contribution in [0.3, 0.4) is 0 Å². The van der Waals surface area contributed by atoms with Crippen LogP contribution in [0.15, 0.2) is 78.9 Å². The summed E-state index contributed by atoms with van der Waals surface area (Å²) in [6, 6.07) is 22.3. The van der Waals surface area contributed by atoms with Crippen molar-refractivity contribution < 1.29 is 23.9 Å². The minimum absolute atomic E-state index is 0.127. The first-order valence-corrected chi connectivity index (χ1v) is 13.6. The maximum Gasteiger partial charge on any atom is 0.339 e. The Morgan fingerprint density at radius 1 is 0.875 bits per heavy atom. The average Bonchev–Trinajstić information content (AvgIpc) is 3.25. The van der Waals surface area contributed by atoms with Gasteiger partial charge in [-0.05, 0) is 49.2 Å². The quantitative estimate of drug-likeness (QED) is 0.159. The summed E-state index contributed by atoms with van der Waals surface area (Å²) in [5, 5.41) is 0.933. The molecule has 0 N–H and O–H groups in total. The van der Waals surface area contributed by atoms with Gasteiger partial charge in [0.1, 0.15) is 0 Å². The number of anilines is 1. The summed E-state index contributed by atoms with van der Waals surface area (Å²) >= 11 is 6.21. The topological polar surface area (TPSA) is 93.6 Å². The summed E-state index contributed by atoms with van der Waals surface area (Å²) in [7, 11) is 0. The number of fused-ring (bicyclic) bond motifs is 2. The number of Topliss-reactive ketones (excluding diaryl/α,β-unsaturated/α-hetero) is 1.